The van der Waals surface area contributed by atoms with Gasteiger partial charge in [-0.05, 0) is 36.1 Å². The highest BCUT2D eigenvalue weighted by Gasteiger charge is 2.34. The molecule has 1 N–H and O–H groups in total. The lowest BCUT2D eigenvalue weighted by Crippen LogP contribution is -2.54. The lowest BCUT2D eigenvalue weighted by molar-refractivity contribution is -0.140. The first kappa shape index (κ1) is 31.2. The molecule has 7 nitrogen and oxygen atoms in total. The van der Waals surface area contributed by atoms with Gasteiger partial charge in [0.2, 0.25) is 21.8 Å². The van der Waals surface area contributed by atoms with E-state index in [-0.39, 0.29) is 45.7 Å². The van der Waals surface area contributed by atoms with Gasteiger partial charge >= 0.3 is 0 Å². The molecule has 0 aliphatic heterocycles. The number of hydrogen-bond donors (Lipinski definition) is 1. The number of benzene rings is 3. The summed E-state index contributed by atoms with van der Waals surface area (Å²) in [6.07, 6.45) is 5.07. The van der Waals surface area contributed by atoms with E-state index in [4.69, 9.17) is 34.8 Å². The van der Waals surface area contributed by atoms with Crippen LogP contribution in [0, 0.1) is 0 Å². The quantitative estimate of drug-likeness (QED) is 0.257. The number of rotatable bonds is 11. The lowest BCUT2D eigenvalue weighted by atomic mass is 10.0. The van der Waals surface area contributed by atoms with Crippen LogP contribution in [0.25, 0.3) is 0 Å². The normalized spacial score (nSPS) is 14.4. The summed E-state index contributed by atoms with van der Waals surface area (Å²) in [6.45, 7) is -0.493. The second kappa shape index (κ2) is 13.9. The fourth-order valence-corrected chi connectivity index (χ4v) is 6.55. The molecule has 0 bridgehead atoms. The maximum atomic E-state index is 14.2. The third-order valence-electron chi connectivity index (χ3n) is 7.11. The van der Waals surface area contributed by atoms with Crippen molar-refractivity contribution in [3.05, 3.63) is 99.0 Å². The van der Waals surface area contributed by atoms with Crippen LogP contribution in [0.5, 0.6) is 0 Å². The summed E-state index contributed by atoms with van der Waals surface area (Å²) in [7, 11) is -4.00. The van der Waals surface area contributed by atoms with Crippen molar-refractivity contribution in [3.8, 4) is 0 Å². The zero-order valence-corrected chi connectivity index (χ0v) is 25.7. The maximum absolute atomic E-state index is 14.2. The second-order valence-corrected chi connectivity index (χ2v) is 13.3. The number of hydrogen-bond acceptors (Lipinski definition) is 4. The van der Waals surface area contributed by atoms with E-state index < -0.39 is 28.5 Å². The first-order chi connectivity index (χ1) is 19.5. The van der Waals surface area contributed by atoms with Crippen LogP contribution >= 0.6 is 34.8 Å². The van der Waals surface area contributed by atoms with Crippen molar-refractivity contribution in [3.63, 3.8) is 0 Å². The molecule has 4 rings (SSSR count). The molecule has 218 valence electrons. The van der Waals surface area contributed by atoms with Crippen molar-refractivity contribution in [2.45, 2.75) is 50.7 Å². The maximum Gasteiger partial charge on any atom is 0.244 e. The third-order valence-corrected chi connectivity index (χ3v) is 9.26. The molecule has 1 fully saturated rings. The number of amides is 2. The van der Waals surface area contributed by atoms with Gasteiger partial charge in [-0.25, -0.2) is 8.42 Å². The molecule has 0 spiro atoms. The molecule has 2 amide bonds. The van der Waals surface area contributed by atoms with Crippen LogP contribution in [-0.2, 0) is 32.6 Å². The van der Waals surface area contributed by atoms with Gasteiger partial charge in [-0.3, -0.25) is 13.9 Å². The Balaban J connectivity index is 1.74. The van der Waals surface area contributed by atoms with E-state index in [0.717, 1.165) is 47.4 Å². The monoisotopic (exact) mass is 635 g/mol. The fraction of sp³-hybridized carbons (Fsp3) is 0.333. The summed E-state index contributed by atoms with van der Waals surface area (Å²) >= 11 is 18.6. The van der Waals surface area contributed by atoms with E-state index in [1.807, 2.05) is 60.7 Å². The van der Waals surface area contributed by atoms with Crippen LogP contribution in [0.1, 0.15) is 36.8 Å². The Kier molecular flexibility index (Phi) is 10.6. The van der Waals surface area contributed by atoms with E-state index in [0.29, 0.717) is 0 Å². The van der Waals surface area contributed by atoms with E-state index in [1.54, 1.807) is 0 Å². The number of carbonyl (C=O) groups excluding carboxylic acids is 2. The summed E-state index contributed by atoms with van der Waals surface area (Å²) in [6, 6.07) is 20.5. The van der Waals surface area contributed by atoms with Gasteiger partial charge in [0.05, 0.1) is 27.0 Å². The predicted octanol–water partition coefficient (Wildman–Crippen LogP) is 6.11. The molecule has 11 heteroatoms. The van der Waals surface area contributed by atoms with Crippen molar-refractivity contribution >= 4 is 62.3 Å². The standard InChI is InChI=1S/C30H32Cl3N3O4S/c1-41(39,40)36(27-18-25(32)24(31)17-26(27)33)20-29(37)35(19-22-12-6-3-7-13-22)28(16-21-10-4-2-5-11-21)30(38)34-23-14-8-9-15-23/h2-7,10-13,17-18,23,28H,8-9,14-16,19-20H2,1H3,(H,34,38)/t28-/m1/s1. The Morgan fingerprint density at radius 2 is 1.44 bits per heavy atom. The zero-order chi connectivity index (χ0) is 29.6. The van der Waals surface area contributed by atoms with Crippen molar-refractivity contribution < 1.29 is 18.0 Å². The number of anilines is 1. The summed E-state index contributed by atoms with van der Waals surface area (Å²) in [5.74, 6) is -0.840. The van der Waals surface area contributed by atoms with Gasteiger partial charge in [0.15, 0.2) is 0 Å². The number of nitrogens with one attached hydrogen (secondary N) is 1. The Morgan fingerprint density at radius 3 is 2.02 bits per heavy atom. The van der Waals surface area contributed by atoms with Gasteiger partial charge in [-0.15, -0.1) is 0 Å². The fourth-order valence-electron chi connectivity index (χ4n) is 5.00. The van der Waals surface area contributed by atoms with Crippen LogP contribution < -0.4 is 9.62 Å². The predicted molar refractivity (Wildman–Crippen MR) is 165 cm³/mol. The average Bonchev–Trinajstić information content (AvgIpc) is 3.45. The Labute approximate surface area is 256 Å². The summed E-state index contributed by atoms with van der Waals surface area (Å²) in [5, 5.41) is 3.40. The van der Waals surface area contributed by atoms with Crippen LogP contribution in [-0.4, -0.2) is 50.0 Å². The van der Waals surface area contributed by atoms with E-state index in [1.165, 1.54) is 17.0 Å². The number of halogens is 3. The van der Waals surface area contributed by atoms with Crippen molar-refractivity contribution in [2.24, 2.45) is 0 Å². The largest absolute Gasteiger partial charge is 0.352 e. The molecule has 3 aromatic carbocycles. The second-order valence-electron chi connectivity index (χ2n) is 10.2. The Morgan fingerprint density at radius 1 is 0.878 bits per heavy atom. The first-order valence-corrected chi connectivity index (χ1v) is 16.3. The summed E-state index contributed by atoms with van der Waals surface area (Å²) in [4.78, 5) is 29.4. The highest BCUT2D eigenvalue weighted by molar-refractivity contribution is 7.92. The molecule has 1 saturated carbocycles. The first-order valence-electron chi connectivity index (χ1n) is 13.3. The smallest absolute Gasteiger partial charge is 0.244 e. The lowest BCUT2D eigenvalue weighted by Gasteiger charge is -2.34. The third kappa shape index (κ3) is 8.38. The SMILES string of the molecule is CS(=O)(=O)N(CC(=O)N(Cc1ccccc1)[C@H](Cc1ccccc1)C(=O)NC1CCCC1)c1cc(Cl)c(Cl)cc1Cl. The van der Waals surface area contributed by atoms with Gasteiger partial charge < -0.3 is 10.2 Å². The van der Waals surface area contributed by atoms with E-state index in [9.17, 15) is 18.0 Å². The summed E-state index contributed by atoms with van der Waals surface area (Å²) < 4.78 is 26.8. The van der Waals surface area contributed by atoms with Crippen LogP contribution in [0.3, 0.4) is 0 Å². The molecule has 1 atom stereocenters. The van der Waals surface area contributed by atoms with Crippen molar-refractivity contribution in [1.82, 2.24) is 10.2 Å². The van der Waals surface area contributed by atoms with Crippen LogP contribution in [0.2, 0.25) is 15.1 Å². The number of sulfonamides is 1. The molecule has 0 saturated heterocycles. The van der Waals surface area contributed by atoms with Gasteiger partial charge in [-0.2, -0.15) is 0 Å². The molecule has 0 unspecified atom stereocenters. The highest BCUT2D eigenvalue weighted by Crippen LogP contribution is 2.35. The minimum atomic E-state index is -4.00. The minimum absolute atomic E-state index is 0.0200. The average molecular weight is 637 g/mol. The molecule has 1 aliphatic rings. The molecular formula is C30H32Cl3N3O4S. The van der Waals surface area contributed by atoms with Gasteiger partial charge in [-0.1, -0.05) is 108 Å². The van der Waals surface area contributed by atoms with Gasteiger partial charge in [0.25, 0.3) is 0 Å². The van der Waals surface area contributed by atoms with Crippen LogP contribution in [0.4, 0.5) is 5.69 Å². The van der Waals surface area contributed by atoms with Gasteiger partial charge in [0.1, 0.15) is 12.6 Å². The molecule has 0 radical (unpaired) electrons. The molecule has 0 aromatic heterocycles. The topological polar surface area (TPSA) is 86.8 Å². The molecular weight excluding hydrogens is 605 g/mol. The van der Waals surface area contributed by atoms with Crippen molar-refractivity contribution in [2.75, 3.05) is 17.1 Å². The summed E-state index contributed by atoms with van der Waals surface area (Å²) in [5.41, 5.74) is 1.69. The molecule has 0 heterocycles. The highest BCUT2D eigenvalue weighted by atomic mass is 35.5. The molecule has 41 heavy (non-hydrogen) atoms. The number of nitrogens with zero attached hydrogens (tertiary/aromatic N) is 2. The zero-order valence-electron chi connectivity index (χ0n) is 22.6. The number of carbonyl (C=O) groups is 2. The van der Waals surface area contributed by atoms with E-state index >= 15 is 0 Å². The Bertz CT molecular complexity index is 1470. The van der Waals surface area contributed by atoms with Crippen molar-refractivity contribution in [1.29, 1.82) is 0 Å². The van der Waals surface area contributed by atoms with E-state index in [2.05, 4.69) is 5.32 Å². The molecule has 3 aromatic rings. The van der Waals surface area contributed by atoms with Crippen LogP contribution in [0.15, 0.2) is 72.8 Å². The molecule has 1 aliphatic carbocycles. The van der Waals surface area contributed by atoms with Gasteiger partial charge in [0, 0.05) is 19.0 Å². The minimum Gasteiger partial charge on any atom is -0.352 e. The Hall–Kier alpha value is -2.78.